The van der Waals surface area contributed by atoms with E-state index in [-0.39, 0.29) is 5.41 Å². The Kier molecular flexibility index (Phi) is 11.1. The Bertz CT molecular complexity index is 845. The molecule has 14 heteroatoms. The molecule has 0 saturated carbocycles. The van der Waals surface area contributed by atoms with Crippen molar-refractivity contribution >= 4 is 17.8 Å². The molecule has 1 spiro atoms. The van der Waals surface area contributed by atoms with Crippen LogP contribution in [0.25, 0.3) is 0 Å². The Labute approximate surface area is 203 Å². The molecule has 0 unspecified atom stereocenters. The third-order valence-electron chi connectivity index (χ3n) is 5.61. The number of hydrogen-bond donors (Lipinski definition) is 2. The van der Waals surface area contributed by atoms with Crippen LogP contribution in [0.15, 0.2) is 24.5 Å². The van der Waals surface area contributed by atoms with E-state index in [0.29, 0.717) is 11.8 Å². The average molecular weight is 529 g/mol. The van der Waals surface area contributed by atoms with Crippen LogP contribution >= 0.6 is 0 Å². The summed E-state index contributed by atoms with van der Waals surface area (Å²) >= 11 is 0. The van der Waals surface area contributed by atoms with Gasteiger partial charge < -0.3 is 15.1 Å². The normalized spacial score (nSPS) is 17.8. The zero-order valence-corrected chi connectivity index (χ0v) is 19.8. The van der Waals surface area contributed by atoms with Crippen LogP contribution in [0.2, 0.25) is 0 Å². The molecule has 3 rings (SSSR count). The monoisotopic (exact) mass is 529 g/mol. The summed E-state index contributed by atoms with van der Waals surface area (Å²) in [5.41, 5.74) is 1.21. The van der Waals surface area contributed by atoms with Crippen LogP contribution in [0, 0.1) is 11.3 Å². The summed E-state index contributed by atoms with van der Waals surface area (Å²) in [5, 5.41) is 14.2. The fraction of sp³-hybridized carbons (Fsp3) is 0.636. The maximum atomic E-state index is 12.8. The number of piperidine rings is 1. The lowest BCUT2D eigenvalue weighted by Crippen LogP contribution is -2.44. The number of amides is 1. The van der Waals surface area contributed by atoms with Crippen LogP contribution in [-0.4, -0.2) is 81.4 Å². The van der Waals surface area contributed by atoms with Gasteiger partial charge in [0.25, 0.3) is 0 Å². The molecule has 8 nitrogen and oxygen atoms in total. The van der Waals surface area contributed by atoms with Crippen LogP contribution in [0.1, 0.15) is 38.7 Å². The van der Waals surface area contributed by atoms with Crippen molar-refractivity contribution in [3.8, 4) is 0 Å². The highest BCUT2D eigenvalue weighted by atomic mass is 19.4. The first-order valence-electron chi connectivity index (χ1n) is 11.0. The van der Waals surface area contributed by atoms with Gasteiger partial charge in [0, 0.05) is 32.0 Å². The molecule has 0 radical (unpaired) electrons. The van der Waals surface area contributed by atoms with E-state index in [2.05, 4.69) is 34.7 Å². The third kappa shape index (κ3) is 9.99. The Balaban J connectivity index is 0.000000383. The van der Waals surface area contributed by atoms with Gasteiger partial charge in [-0.15, -0.1) is 0 Å². The molecule has 0 bridgehead atoms. The number of carbonyl (C=O) groups is 3. The van der Waals surface area contributed by atoms with Crippen molar-refractivity contribution in [2.75, 3.05) is 26.2 Å². The van der Waals surface area contributed by atoms with E-state index in [4.69, 9.17) is 19.8 Å². The zero-order chi connectivity index (χ0) is 27.7. The maximum absolute atomic E-state index is 12.8. The number of pyridine rings is 1. The predicted molar refractivity (Wildman–Crippen MR) is 115 cm³/mol. The number of likely N-dealkylation sites (tertiary alicyclic amines) is 2. The van der Waals surface area contributed by atoms with Gasteiger partial charge in [0.05, 0.1) is 5.41 Å². The first-order valence-corrected chi connectivity index (χ1v) is 11.0. The minimum absolute atomic E-state index is 0.0552. The number of carboxylic acid groups (broad SMARTS) is 2. The summed E-state index contributed by atoms with van der Waals surface area (Å²) in [6, 6.07) is 4.12. The Hall–Kier alpha value is -2.90. The topological polar surface area (TPSA) is 111 Å². The van der Waals surface area contributed by atoms with Gasteiger partial charge in [-0.25, -0.2) is 9.59 Å². The average Bonchev–Trinajstić information content (AvgIpc) is 3.05. The number of aliphatic carboxylic acids is 2. The molecule has 2 fully saturated rings. The van der Waals surface area contributed by atoms with E-state index >= 15 is 0 Å². The highest BCUT2D eigenvalue weighted by Gasteiger charge is 2.47. The SMILES string of the molecule is CC(C)CN1CCC2(CCN(Cc3cccnc3)CC2)C1=O.O=C(O)C(F)(F)F.O=C(O)C(F)(F)F. The van der Waals surface area contributed by atoms with Crippen molar-refractivity contribution in [1.82, 2.24) is 14.8 Å². The van der Waals surface area contributed by atoms with Gasteiger partial charge in [0.15, 0.2) is 0 Å². The summed E-state index contributed by atoms with van der Waals surface area (Å²) in [6.07, 6.45) is -3.33. The highest BCUT2D eigenvalue weighted by molar-refractivity contribution is 5.85. The summed E-state index contributed by atoms with van der Waals surface area (Å²) in [7, 11) is 0. The molecule has 2 aliphatic rings. The number of nitrogens with zero attached hydrogens (tertiary/aromatic N) is 3. The van der Waals surface area contributed by atoms with Crippen LogP contribution in [0.3, 0.4) is 0 Å². The molecule has 1 aromatic heterocycles. The van der Waals surface area contributed by atoms with Crippen LogP contribution in [-0.2, 0) is 20.9 Å². The van der Waals surface area contributed by atoms with Crippen molar-refractivity contribution < 1.29 is 50.9 Å². The number of carboxylic acids is 2. The second-order valence-corrected chi connectivity index (χ2v) is 8.92. The zero-order valence-electron chi connectivity index (χ0n) is 19.8. The number of alkyl halides is 6. The molecule has 2 aliphatic heterocycles. The molecule has 1 aromatic rings. The fourth-order valence-electron chi connectivity index (χ4n) is 3.86. The van der Waals surface area contributed by atoms with Gasteiger partial charge in [0.1, 0.15) is 0 Å². The molecule has 2 saturated heterocycles. The number of carbonyl (C=O) groups excluding carboxylic acids is 1. The minimum atomic E-state index is -5.08. The van der Waals surface area contributed by atoms with Crippen molar-refractivity contribution in [1.29, 1.82) is 0 Å². The van der Waals surface area contributed by atoms with Gasteiger partial charge in [-0.05, 0) is 49.9 Å². The van der Waals surface area contributed by atoms with E-state index in [9.17, 15) is 31.1 Å². The number of hydrogen-bond acceptors (Lipinski definition) is 5. The van der Waals surface area contributed by atoms with Crippen molar-refractivity contribution in [3.05, 3.63) is 30.1 Å². The predicted octanol–water partition coefficient (Wildman–Crippen LogP) is 3.82. The Morgan fingerprint density at radius 1 is 1.00 bits per heavy atom. The van der Waals surface area contributed by atoms with Crippen LogP contribution in [0.4, 0.5) is 26.3 Å². The highest BCUT2D eigenvalue weighted by Crippen LogP contribution is 2.41. The lowest BCUT2D eigenvalue weighted by molar-refractivity contribution is -0.193. The van der Waals surface area contributed by atoms with Crippen LogP contribution in [0.5, 0.6) is 0 Å². The second kappa shape index (κ2) is 12.9. The standard InChI is InChI=1S/C18H27N3O.2C2HF3O2/c1-15(2)13-21-11-7-18(17(21)22)5-9-20(10-6-18)14-16-4-3-8-19-12-16;2*3-2(4,5)1(6)7/h3-4,8,12,15H,5-7,9-11,13-14H2,1-2H3;2*(H,6,7). The summed E-state index contributed by atoms with van der Waals surface area (Å²) in [6.45, 7) is 9.25. The molecular formula is C22H29F6N3O5. The van der Waals surface area contributed by atoms with E-state index in [0.717, 1.165) is 52.0 Å². The molecule has 204 valence electrons. The Morgan fingerprint density at radius 3 is 1.86 bits per heavy atom. The largest absolute Gasteiger partial charge is 0.490 e. The molecule has 0 aromatic carbocycles. The van der Waals surface area contributed by atoms with Crippen molar-refractivity contribution in [2.45, 2.75) is 52.0 Å². The van der Waals surface area contributed by atoms with Gasteiger partial charge in [-0.2, -0.15) is 26.3 Å². The number of halogens is 6. The lowest BCUT2D eigenvalue weighted by Gasteiger charge is -2.38. The molecule has 3 heterocycles. The first-order chi connectivity index (χ1) is 16.5. The molecule has 0 aliphatic carbocycles. The molecule has 0 atom stereocenters. The van der Waals surface area contributed by atoms with Gasteiger partial charge in [0.2, 0.25) is 5.91 Å². The molecule has 36 heavy (non-hydrogen) atoms. The first kappa shape index (κ1) is 31.1. The quantitative estimate of drug-likeness (QED) is 0.571. The molecular weight excluding hydrogens is 500 g/mol. The fourth-order valence-corrected chi connectivity index (χ4v) is 3.86. The minimum Gasteiger partial charge on any atom is -0.475 e. The lowest BCUT2D eigenvalue weighted by atomic mass is 9.77. The maximum Gasteiger partial charge on any atom is 0.490 e. The van der Waals surface area contributed by atoms with E-state index in [1.165, 1.54) is 5.56 Å². The summed E-state index contributed by atoms with van der Waals surface area (Å²) < 4.78 is 63.5. The summed E-state index contributed by atoms with van der Waals surface area (Å²) in [5.74, 6) is -4.54. The summed E-state index contributed by atoms with van der Waals surface area (Å²) in [4.78, 5) is 39.3. The van der Waals surface area contributed by atoms with Gasteiger partial charge in [-0.3, -0.25) is 14.7 Å². The number of aromatic nitrogens is 1. The second-order valence-electron chi connectivity index (χ2n) is 8.92. The van der Waals surface area contributed by atoms with Gasteiger partial charge in [-0.1, -0.05) is 19.9 Å². The van der Waals surface area contributed by atoms with Crippen molar-refractivity contribution in [2.24, 2.45) is 11.3 Å². The van der Waals surface area contributed by atoms with Crippen molar-refractivity contribution in [3.63, 3.8) is 0 Å². The number of rotatable bonds is 4. The Morgan fingerprint density at radius 2 is 1.47 bits per heavy atom. The van der Waals surface area contributed by atoms with Crippen LogP contribution < -0.4 is 0 Å². The third-order valence-corrected chi connectivity index (χ3v) is 5.61. The van der Waals surface area contributed by atoms with E-state index in [1.54, 1.807) is 0 Å². The van der Waals surface area contributed by atoms with E-state index < -0.39 is 24.3 Å². The van der Waals surface area contributed by atoms with E-state index in [1.807, 2.05) is 18.5 Å². The molecule has 2 N–H and O–H groups in total. The molecule has 1 amide bonds. The van der Waals surface area contributed by atoms with Gasteiger partial charge >= 0.3 is 24.3 Å². The smallest absolute Gasteiger partial charge is 0.475 e.